The van der Waals surface area contributed by atoms with Gasteiger partial charge in [-0.2, -0.15) is 0 Å². The average molecular weight is 350 g/mol. The number of amides is 1. The second-order valence-corrected chi connectivity index (χ2v) is 7.07. The molecule has 1 aliphatic carbocycles. The maximum atomic E-state index is 12.1. The van der Waals surface area contributed by atoms with Crippen LogP contribution in [0.15, 0.2) is 6.33 Å². The highest BCUT2D eigenvalue weighted by atomic mass is 16.6. The van der Waals surface area contributed by atoms with Gasteiger partial charge in [0, 0.05) is 31.7 Å². The van der Waals surface area contributed by atoms with Gasteiger partial charge in [-0.15, -0.1) is 0 Å². The van der Waals surface area contributed by atoms with Crippen LogP contribution in [-0.2, 0) is 11.2 Å². The number of rotatable bonds is 1. The minimum atomic E-state index is -0.477. The van der Waals surface area contributed by atoms with Crippen molar-refractivity contribution in [2.24, 2.45) is 0 Å². The highest BCUT2D eigenvalue weighted by Gasteiger charge is 2.30. The molecule has 0 radical (unpaired) electrons. The number of hydrogen-bond donors (Lipinski definition) is 1. The minimum Gasteiger partial charge on any atom is -0.444 e. The van der Waals surface area contributed by atoms with Crippen molar-refractivity contribution in [3.8, 4) is 0 Å². The third-order valence-electron chi connectivity index (χ3n) is 4.17. The van der Waals surface area contributed by atoms with E-state index in [9.17, 15) is 9.90 Å². The number of aromatic nitrogens is 2. The van der Waals surface area contributed by atoms with Gasteiger partial charge in [0.15, 0.2) is 0 Å². The van der Waals surface area contributed by atoms with Crippen LogP contribution in [0.5, 0.6) is 0 Å². The van der Waals surface area contributed by atoms with Crippen molar-refractivity contribution in [3.05, 3.63) is 17.6 Å². The van der Waals surface area contributed by atoms with Crippen LogP contribution >= 0.6 is 0 Å². The summed E-state index contributed by atoms with van der Waals surface area (Å²) in [6.07, 6.45) is 2.29. The number of ether oxygens (including phenoxy) is 1. The van der Waals surface area contributed by atoms with E-state index in [1.807, 2.05) is 34.6 Å². The second kappa shape index (κ2) is 7.99. The van der Waals surface area contributed by atoms with Crippen LogP contribution < -0.4 is 4.90 Å². The Bertz CT molecular complexity index is 592. The molecule has 1 unspecified atom stereocenters. The van der Waals surface area contributed by atoms with E-state index in [4.69, 9.17) is 4.74 Å². The molecule has 0 bridgehead atoms. The molecule has 0 aromatic carbocycles. The number of aliphatic hydroxyl groups is 1. The number of fused-ring (bicyclic) bond motifs is 1. The van der Waals surface area contributed by atoms with Gasteiger partial charge in [0.25, 0.3) is 0 Å². The van der Waals surface area contributed by atoms with Crippen LogP contribution in [0.3, 0.4) is 0 Å². The molecule has 1 aromatic rings. The molecule has 1 saturated heterocycles. The molecule has 7 heteroatoms. The molecule has 1 aliphatic heterocycles. The quantitative estimate of drug-likeness (QED) is 0.838. The normalized spacial score (nSPS) is 19.8. The van der Waals surface area contributed by atoms with Crippen LogP contribution in [0, 0.1) is 0 Å². The number of carbonyl (C=O) groups excluding carboxylic acids is 1. The lowest BCUT2D eigenvalue weighted by Gasteiger charge is -2.36. The molecular formula is C18H30N4O3. The van der Waals surface area contributed by atoms with E-state index < -0.39 is 11.7 Å². The van der Waals surface area contributed by atoms with Crippen molar-refractivity contribution < 1.29 is 14.6 Å². The molecular weight excluding hydrogens is 320 g/mol. The zero-order valence-electron chi connectivity index (χ0n) is 15.9. The van der Waals surface area contributed by atoms with Gasteiger partial charge in [-0.3, -0.25) is 0 Å². The zero-order valence-corrected chi connectivity index (χ0v) is 15.9. The van der Waals surface area contributed by atoms with Crippen molar-refractivity contribution in [2.75, 3.05) is 31.1 Å². The summed E-state index contributed by atoms with van der Waals surface area (Å²) in [4.78, 5) is 24.6. The van der Waals surface area contributed by atoms with Crippen molar-refractivity contribution >= 4 is 11.9 Å². The van der Waals surface area contributed by atoms with Gasteiger partial charge >= 0.3 is 6.09 Å². The SMILES string of the molecule is CC.CC(C)(C)OC(=O)N1CCN(c2ncnc3c2CCC3O)CC1. The summed E-state index contributed by atoms with van der Waals surface area (Å²) in [6.45, 7) is 12.2. The zero-order chi connectivity index (χ0) is 18.6. The van der Waals surface area contributed by atoms with Crippen molar-refractivity contribution in [3.63, 3.8) is 0 Å². The third kappa shape index (κ3) is 4.60. The van der Waals surface area contributed by atoms with Gasteiger partial charge in [0.2, 0.25) is 0 Å². The molecule has 2 aliphatic rings. The third-order valence-corrected chi connectivity index (χ3v) is 4.17. The average Bonchev–Trinajstić information content (AvgIpc) is 2.97. The van der Waals surface area contributed by atoms with Gasteiger partial charge in [-0.1, -0.05) is 13.8 Å². The monoisotopic (exact) mass is 350 g/mol. The molecule has 1 atom stereocenters. The number of carbonyl (C=O) groups is 1. The molecule has 0 spiro atoms. The maximum Gasteiger partial charge on any atom is 0.410 e. The predicted octanol–water partition coefficient (Wildman–Crippen LogP) is 2.54. The van der Waals surface area contributed by atoms with Crippen LogP contribution in [-0.4, -0.2) is 57.8 Å². The number of nitrogens with zero attached hydrogens (tertiary/aromatic N) is 4. The van der Waals surface area contributed by atoms with Crippen LogP contribution in [0.25, 0.3) is 0 Å². The van der Waals surface area contributed by atoms with Crippen molar-refractivity contribution in [1.29, 1.82) is 0 Å². The molecule has 140 valence electrons. The fourth-order valence-corrected chi connectivity index (χ4v) is 3.06. The topological polar surface area (TPSA) is 78.8 Å². The summed E-state index contributed by atoms with van der Waals surface area (Å²) in [5.74, 6) is 0.899. The predicted molar refractivity (Wildman–Crippen MR) is 96.7 cm³/mol. The van der Waals surface area contributed by atoms with Gasteiger partial charge in [0.1, 0.15) is 17.7 Å². The van der Waals surface area contributed by atoms with Gasteiger partial charge in [-0.25, -0.2) is 14.8 Å². The molecule has 1 fully saturated rings. The van der Waals surface area contributed by atoms with E-state index in [1.54, 1.807) is 4.90 Å². The van der Waals surface area contributed by atoms with Gasteiger partial charge < -0.3 is 19.6 Å². The Labute approximate surface area is 150 Å². The van der Waals surface area contributed by atoms with Gasteiger partial charge in [0.05, 0.1) is 11.8 Å². The van der Waals surface area contributed by atoms with Crippen LogP contribution in [0.1, 0.15) is 58.4 Å². The fraction of sp³-hybridized carbons (Fsp3) is 0.722. The standard InChI is InChI=1S/C16H24N4O3.C2H6/c1-16(2,3)23-15(22)20-8-6-19(7-9-20)14-11-4-5-12(21)13(11)17-10-18-14;1-2/h10,12,21H,4-9H2,1-3H3;1-2H3. The smallest absolute Gasteiger partial charge is 0.410 e. The van der Waals surface area contributed by atoms with E-state index in [-0.39, 0.29) is 6.09 Å². The highest BCUT2D eigenvalue weighted by molar-refractivity contribution is 5.68. The molecule has 1 N–H and O–H groups in total. The maximum absolute atomic E-state index is 12.1. The first-order chi connectivity index (χ1) is 11.8. The Morgan fingerprint density at radius 1 is 1.20 bits per heavy atom. The van der Waals surface area contributed by atoms with Crippen molar-refractivity contribution in [2.45, 2.75) is 59.2 Å². The summed E-state index contributed by atoms with van der Waals surface area (Å²) in [5, 5.41) is 9.95. The summed E-state index contributed by atoms with van der Waals surface area (Å²) in [5.41, 5.74) is 1.33. The van der Waals surface area contributed by atoms with E-state index in [2.05, 4.69) is 14.9 Å². The number of piperazine rings is 1. The Morgan fingerprint density at radius 2 is 1.84 bits per heavy atom. The molecule has 7 nitrogen and oxygen atoms in total. The Hall–Kier alpha value is -1.89. The van der Waals surface area contributed by atoms with E-state index in [1.165, 1.54) is 6.33 Å². The highest BCUT2D eigenvalue weighted by Crippen LogP contribution is 2.34. The number of hydrogen-bond acceptors (Lipinski definition) is 6. The summed E-state index contributed by atoms with van der Waals surface area (Å²) >= 11 is 0. The summed E-state index contributed by atoms with van der Waals surface area (Å²) < 4.78 is 5.42. The van der Waals surface area contributed by atoms with Gasteiger partial charge in [-0.05, 0) is 33.6 Å². The fourth-order valence-electron chi connectivity index (χ4n) is 3.06. The van der Waals surface area contributed by atoms with E-state index in [0.717, 1.165) is 23.5 Å². The first-order valence-corrected chi connectivity index (χ1v) is 9.10. The Kier molecular flexibility index (Phi) is 6.21. The van der Waals surface area contributed by atoms with Crippen molar-refractivity contribution in [1.82, 2.24) is 14.9 Å². The lowest BCUT2D eigenvalue weighted by Crippen LogP contribution is -2.50. The Balaban J connectivity index is 0.00000109. The first-order valence-electron chi connectivity index (χ1n) is 9.10. The molecule has 2 heterocycles. The first kappa shape index (κ1) is 19.4. The molecule has 25 heavy (non-hydrogen) atoms. The summed E-state index contributed by atoms with van der Waals surface area (Å²) in [7, 11) is 0. The number of aliphatic hydroxyl groups excluding tert-OH is 1. The Morgan fingerprint density at radius 3 is 2.44 bits per heavy atom. The largest absolute Gasteiger partial charge is 0.444 e. The molecule has 1 amide bonds. The van der Waals surface area contributed by atoms with Crippen LogP contribution in [0.4, 0.5) is 10.6 Å². The summed E-state index contributed by atoms with van der Waals surface area (Å²) in [6, 6.07) is 0. The second-order valence-electron chi connectivity index (χ2n) is 7.07. The molecule has 3 rings (SSSR count). The van der Waals surface area contributed by atoms with E-state index in [0.29, 0.717) is 32.6 Å². The number of anilines is 1. The lowest BCUT2D eigenvalue weighted by molar-refractivity contribution is 0.0240. The minimum absolute atomic E-state index is 0.263. The lowest BCUT2D eigenvalue weighted by atomic mass is 10.2. The molecule has 0 saturated carbocycles. The molecule has 1 aromatic heterocycles. The van der Waals surface area contributed by atoms with Crippen LogP contribution in [0.2, 0.25) is 0 Å². The van der Waals surface area contributed by atoms with E-state index >= 15 is 0 Å².